The van der Waals surface area contributed by atoms with E-state index in [9.17, 15) is 9.59 Å². The number of amides is 3. The van der Waals surface area contributed by atoms with Crippen molar-refractivity contribution in [2.45, 2.75) is 40.0 Å². The molecule has 0 radical (unpaired) electrons. The average molecular weight is 478 g/mol. The molecule has 186 valence electrons. The van der Waals surface area contributed by atoms with Crippen LogP contribution in [0.15, 0.2) is 54.6 Å². The van der Waals surface area contributed by atoms with Gasteiger partial charge in [-0.25, -0.2) is 9.48 Å². The number of nitrogens with one attached hydrogen (secondary N) is 2. The van der Waals surface area contributed by atoms with Crippen LogP contribution >= 0.6 is 0 Å². The zero-order valence-corrected chi connectivity index (χ0v) is 21.4. The van der Waals surface area contributed by atoms with Crippen molar-refractivity contribution in [1.82, 2.24) is 14.7 Å². The number of rotatable bonds is 8. The van der Waals surface area contributed by atoms with E-state index in [4.69, 9.17) is 9.84 Å². The van der Waals surface area contributed by atoms with Crippen LogP contribution in [0.5, 0.6) is 0 Å². The molecule has 8 heteroatoms. The van der Waals surface area contributed by atoms with Gasteiger partial charge < -0.3 is 20.3 Å². The lowest BCUT2D eigenvalue weighted by Crippen LogP contribution is -2.42. The molecule has 0 aliphatic rings. The molecule has 1 heterocycles. The first-order valence-electron chi connectivity index (χ1n) is 11.7. The summed E-state index contributed by atoms with van der Waals surface area (Å²) in [5.41, 5.74) is 4.32. The van der Waals surface area contributed by atoms with Crippen LogP contribution in [0.2, 0.25) is 0 Å². The molecule has 35 heavy (non-hydrogen) atoms. The van der Waals surface area contributed by atoms with Crippen molar-refractivity contribution >= 4 is 23.4 Å². The Balaban J connectivity index is 1.81. The number of hydrogen-bond donors (Lipinski definition) is 2. The van der Waals surface area contributed by atoms with E-state index in [1.807, 2.05) is 68.4 Å². The van der Waals surface area contributed by atoms with Crippen LogP contribution < -0.4 is 10.6 Å². The molecule has 0 spiro atoms. The van der Waals surface area contributed by atoms with Crippen LogP contribution in [-0.4, -0.2) is 53.4 Å². The highest BCUT2D eigenvalue weighted by atomic mass is 16.5. The molecule has 0 saturated carbocycles. The minimum atomic E-state index is -0.371. The predicted octanol–water partition coefficient (Wildman–Crippen LogP) is 4.91. The minimum Gasteiger partial charge on any atom is -0.383 e. The zero-order valence-electron chi connectivity index (χ0n) is 21.4. The van der Waals surface area contributed by atoms with Gasteiger partial charge in [-0.1, -0.05) is 56.7 Å². The quantitative estimate of drug-likeness (QED) is 0.483. The van der Waals surface area contributed by atoms with Gasteiger partial charge in [-0.05, 0) is 37.6 Å². The van der Waals surface area contributed by atoms with Crippen LogP contribution in [0.1, 0.15) is 37.6 Å². The maximum Gasteiger partial charge on any atom is 0.322 e. The molecule has 3 amide bonds. The van der Waals surface area contributed by atoms with Gasteiger partial charge in [0, 0.05) is 30.8 Å². The number of aromatic nitrogens is 2. The molecule has 3 rings (SSSR count). The fraction of sp³-hybridized carbons (Fsp3) is 0.370. The number of benzene rings is 2. The zero-order chi connectivity index (χ0) is 25.6. The second-order valence-corrected chi connectivity index (χ2v) is 9.62. The van der Waals surface area contributed by atoms with Gasteiger partial charge in [-0.2, -0.15) is 5.10 Å². The molecule has 8 nitrogen and oxygen atoms in total. The fourth-order valence-electron chi connectivity index (χ4n) is 3.47. The first-order chi connectivity index (χ1) is 16.6. The first-order valence-corrected chi connectivity index (χ1v) is 11.7. The average Bonchev–Trinajstić information content (AvgIpc) is 3.22. The Hall–Kier alpha value is -3.65. The second kappa shape index (κ2) is 11.2. The van der Waals surface area contributed by atoms with Gasteiger partial charge in [0.05, 0.1) is 18.0 Å². The Morgan fingerprint density at radius 1 is 1.03 bits per heavy atom. The Morgan fingerprint density at radius 3 is 2.34 bits per heavy atom. The van der Waals surface area contributed by atoms with Gasteiger partial charge in [0.1, 0.15) is 12.4 Å². The molecular formula is C27H35N5O3. The lowest BCUT2D eigenvalue weighted by atomic mass is 9.92. The minimum absolute atomic E-state index is 0.134. The van der Waals surface area contributed by atoms with E-state index in [1.165, 1.54) is 4.90 Å². The molecule has 0 fully saturated rings. The highest BCUT2D eigenvalue weighted by molar-refractivity contribution is 5.96. The van der Waals surface area contributed by atoms with Crippen molar-refractivity contribution in [3.05, 3.63) is 71.4 Å². The summed E-state index contributed by atoms with van der Waals surface area (Å²) < 4.78 is 6.90. The standard InChI is InChI=1S/C27H35N5O3/c1-19-11-13-21(14-12-19)28-26(34)31(15-16-35-6)18-25(33)29-24-17-23(27(3,4)5)30-32(24)22-10-8-7-9-20(22)2/h7-14,17H,15-16,18H2,1-6H3,(H,28,34)(H,29,33). The van der Waals surface area contributed by atoms with E-state index >= 15 is 0 Å². The maximum absolute atomic E-state index is 13.1. The molecule has 2 N–H and O–H groups in total. The van der Waals surface area contributed by atoms with Crippen molar-refractivity contribution in [2.75, 3.05) is 37.4 Å². The first kappa shape index (κ1) is 26.0. The number of urea groups is 1. The van der Waals surface area contributed by atoms with E-state index in [0.717, 1.165) is 22.5 Å². The number of anilines is 2. The molecule has 0 aliphatic heterocycles. The van der Waals surface area contributed by atoms with Crippen molar-refractivity contribution < 1.29 is 14.3 Å². The van der Waals surface area contributed by atoms with Gasteiger partial charge >= 0.3 is 6.03 Å². The molecule has 0 atom stereocenters. The summed E-state index contributed by atoms with van der Waals surface area (Å²) in [6, 6.07) is 16.9. The summed E-state index contributed by atoms with van der Waals surface area (Å²) >= 11 is 0. The number of ether oxygens (including phenoxy) is 1. The Labute approximate surface area is 207 Å². The predicted molar refractivity (Wildman–Crippen MR) is 139 cm³/mol. The molecule has 3 aromatic rings. The van der Waals surface area contributed by atoms with E-state index in [0.29, 0.717) is 18.1 Å². The number of hydrogen-bond acceptors (Lipinski definition) is 4. The van der Waals surface area contributed by atoms with Gasteiger partial charge in [-0.15, -0.1) is 0 Å². The second-order valence-electron chi connectivity index (χ2n) is 9.62. The Kier molecular flexibility index (Phi) is 8.30. The molecule has 2 aromatic carbocycles. The number of methoxy groups -OCH3 is 1. The topological polar surface area (TPSA) is 88.5 Å². The number of nitrogens with zero attached hydrogens (tertiary/aromatic N) is 3. The molecule has 1 aromatic heterocycles. The number of para-hydroxylation sites is 1. The number of aryl methyl sites for hydroxylation is 2. The molecule has 0 aliphatic carbocycles. The number of carbonyl (C=O) groups excluding carboxylic acids is 2. The Morgan fingerprint density at radius 2 is 1.71 bits per heavy atom. The lowest BCUT2D eigenvalue weighted by molar-refractivity contribution is -0.116. The highest BCUT2D eigenvalue weighted by Gasteiger charge is 2.23. The molecular weight excluding hydrogens is 442 g/mol. The summed E-state index contributed by atoms with van der Waals surface area (Å²) in [5, 5.41) is 10.6. The van der Waals surface area contributed by atoms with E-state index < -0.39 is 0 Å². The van der Waals surface area contributed by atoms with Crippen LogP contribution in [0.25, 0.3) is 5.69 Å². The smallest absolute Gasteiger partial charge is 0.322 e. The van der Waals surface area contributed by atoms with Crippen molar-refractivity contribution in [3.63, 3.8) is 0 Å². The largest absolute Gasteiger partial charge is 0.383 e. The SMILES string of the molecule is COCCN(CC(=O)Nc1cc(C(C)(C)C)nn1-c1ccccc1C)C(=O)Nc1ccc(C)cc1. The van der Waals surface area contributed by atoms with Gasteiger partial charge in [-0.3, -0.25) is 4.79 Å². The van der Waals surface area contributed by atoms with E-state index in [-0.39, 0.29) is 30.4 Å². The van der Waals surface area contributed by atoms with Crippen molar-refractivity contribution in [1.29, 1.82) is 0 Å². The summed E-state index contributed by atoms with van der Waals surface area (Å²) in [5.74, 6) is 0.232. The van der Waals surface area contributed by atoms with E-state index in [2.05, 4.69) is 31.4 Å². The van der Waals surface area contributed by atoms with E-state index in [1.54, 1.807) is 11.8 Å². The summed E-state index contributed by atoms with van der Waals surface area (Å²) in [6.07, 6.45) is 0. The van der Waals surface area contributed by atoms with Gasteiger partial charge in [0.2, 0.25) is 5.91 Å². The lowest BCUT2D eigenvalue weighted by Gasteiger charge is -2.22. The van der Waals surface area contributed by atoms with Crippen LogP contribution in [0.4, 0.5) is 16.3 Å². The van der Waals surface area contributed by atoms with Gasteiger partial charge in [0.15, 0.2) is 0 Å². The normalized spacial score (nSPS) is 11.3. The summed E-state index contributed by atoms with van der Waals surface area (Å²) in [7, 11) is 1.56. The third kappa shape index (κ3) is 6.93. The molecule has 0 bridgehead atoms. The molecule has 0 saturated heterocycles. The van der Waals surface area contributed by atoms with Crippen LogP contribution in [0.3, 0.4) is 0 Å². The monoisotopic (exact) mass is 477 g/mol. The number of carbonyl (C=O) groups is 2. The van der Waals surface area contributed by atoms with Crippen molar-refractivity contribution in [2.24, 2.45) is 0 Å². The van der Waals surface area contributed by atoms with Crippen LogP contribution in [-0.2, 0) is 14.9 Å². The molecule has 0 unspecified atom stereocenters. The fourth-order valence-corrected chi connectivity index (χ4v) is 3.47. The summed E-state index contributed by atoms with van der Waals surface area (Å²) in [6.45, 7) is 10.6. The van der Waals surface area contributed by atoms with Crippen LogP contribution in [0, 0.1) is 13.8 Å². The highest BCUT2D eigenvalue weighted by Crippen LogP contribution is 2.27. The summed E-state index contributed by atoms with van der Waals surface area (Å²) in [4.78, 5) is 27.5. The van der Waals surface area contributed by atoms with Gasteiger partial charge in [0.25, 0.3) is 0 Å². The van der Waals surface area contributed by atoms with Crippen molar-refractivity contribution in [3.8, 4) is 5.69 Å². The Bertz CT molecular complexity index is 1160. The third-order valence-corrected chi connectivity index (χ3v) is 5.58. The maximum atomic E-state index is 13.1. The third-order valence-electron chi connectivity index (χ3n) is 5.58.